The number of esters is 1. The van der Waals surface area contributed by atoms with Crippen molar-refractivity contribution in [3.8, 4) is 0 Å². The van der Waals surface area contributed by atoms with E-state index in [1.165, 1.54) is 11.8 Å². The summed E-state index contributed by atoms with van der Waals surface area (Å²) in [6.45, 7) is 4.80. The summed E-state index contributed by atoms with van der Waals surface area (Å²) in [6.07, 6.45) is -1.19. The molecule has 1 aliphatic rings. The second kappa shape index (κ2) is 8.99. The molecule has 0 fully saturated rings. The van der Waals surface area contributed by atoms with Crippen LogP contribution in [0.2, 0.25) is 0 Å². The van der Waals surface area contributed by atoms with Crippen LogP contribution in [0.3, 0.4) is 0 Å². The second-order valence-corrected chi connectivity index (χ2v) is 7.71. The molecular weight excluding hydrogens is 398 g/mol. The number of benzene rings is 2. The molecule has 2 aromatic carbocycles. The minimum Gasteiger partial charge on any atom is -0.452 e. The van der Waals surface area contributed by atoms with Crippen LogP contribution >= 0.6 is 0 Å². The Kier molecular flexibility index (Phi) is 6.39. The van der Waals surface area contributed by atoms with Gasteiger partial charge >= 0.3 is 5.97 Å². The third-order valence-corrected chi connectivity index (χ3v) is 5.03. The number of anilines is 2. The van der Waals surface area contributed by atoms with Gasteiger partial charge in [0.05, 0.1) is 17.8 Å². The van der Waals surface area contributed by atoms with E-state index >= 15 is 0 Å². The van der Waals surface area contributed by atoms with Gasteiger partial charge in [-0.15, -0.1) is 0 Å². The van der Waals surface area contributed by atoms with Crippen LogP contribution < -0.4 is 15.5 Å². The molecule has 1 atom stereocenters. The third kappa shape index (κ3) is 4.74. The van der Waals surface area contributed by atoms with Crippen molar-refractivity contribution in [2.75, 3.05) is 16.8 Å². The average molecular weight is 423 g/mol. The Morgan fingerprint density at radius 1 is 1.06 bits per heavy atom. The molecule has 0 radical (unpaired) electrons. The van der Waals surface area contributed by atoms with Crippen LogP contribution in [0, 0.1) is 0 Å². The maximum absolute atomic E-state index is 13.1. The molecule has 3 amide bonds. The Balaban J connectivity index is 1.60. The molecule has 1 aliphatic heterocycles. The molecule has 162 valence electrons. The van der Waals surface area contributed by atoms with Gasteiger partial charge in [0.25, 0.3) is 11.8 Å². The fourth-order valence-electron chi connectivity index (χ4n) is 3.30. The van der Waals surface area contributed by atoms with Gasteiger partial charge in [-0.3, -0.25) is 24.1 Å². The monoisotopic (exact) mass is 423 g/mol. The summed E-state index contributed by atoms with van der Waals surface area (Å²) in [6, 6.07) is 15.6. The highest BCUT2D eigenvalue weighted by atomic mass is 16.5. The molecule has 3 rings (SSSR count). The average Bonchev–Trinajstić information content (AvgIpc) is 2.74. The number of ether oxygens (including phenoxy) is 1. The first-order valence-electron chi connectivity index (χ1n) is 9.99. The fraction of sp³-hybridized carbons (Fsp3) is 0.304. The molecule has 2 aromatic rings. The van der Waals surface area contributed by atoms with Crippen molar-refractivity contribution in [3.63, 3.8) is 0 Å². The van der Waals surface area contributed by atoms with Crippen LogP contribution in [-0.4, -0.2) is 41.9 Å². The Morgan fingerprint density at radius 2 is 1.71 bits per heavy atom. The molecule has 0 saturated heterocycles. The summed E-state index contributed by atoms with van der Waals surface area (Å²) >= 11 is 0. The number of nitrogens with one attached hydrogen (secondary N) is 2. The Bertz CT molecular complexity index is 1000. The summed E-state index contributed by atoms with van der Waals surface area (Å²) in [5.41, 5.74) is 0.386. The second-order valence-electron chi connectivity index (χ2n) is 7.71. The lowest BCUT2D eigenvalue weighted by Gasteiger charge is -2.42. The summed E-state index contributed by atoms with van der Waals surface area (Å²) in [5, 5.41) is 5.43. The molecule has 2 N–H and O–H groups in total. The number of hydrogen-bond acceptors (Lipinski definition) is 5. The lowest BCUT2D eigenvalue weighted by Crippen LogP contribution is -2.60. The number of hydrogen-bond donors (Lipinski definition) is 2. The van der Waals surface area contributed by atoms with Gasteiger partial charge in [0.1, 0.15) is 5.54 Å². The van der Waals surface area contributed by atoms with Crippen molar-refractivity contribution in [2.45, 2.75) is 38.8 Å². The molecule has 0 spiro atoms. The zero-order valence-corrected chi connectivity index (χ0v) is 17.7. The Hall–Kier alpha value is -3.68. The molecule has 31 heavy (non-hydrogen) atoms. The fourth-order valence-corrected chi connectivity index (χ4v) is 3.30. The van der Waals surface area contributed by atoms with Crippen LogP contribution in [0.4, 0.5) is 11.4 Å². The third-order valence-electron chi connectivity index (χ3n) is 5.03. The maximum Gasteiger partial charge on any atom is 0.308 e. The van der Waals surface area contributed by atoms with Crippen molar-refractivity contribution < 1.29 is 23.9 Å². The smallest absolute Gasteiger partial charge is 0.308 e. The van der Waals surface area contributed by atoms with Gasteiger partial charge in [-0.1, -0.05) is 30.3 Å². The number of rotatable bonds is 6. The molecule has 0 aliphatic carbocycles. The van der Waals surface area contributed by atoms with Gasteiger partial charge in [0, 0.05) is 12.1 Å². The van der Waals surface area contributed by atoms with E-state index in [0.717, 1.165) is 0 Å². The van der Waals surface area contributed by atoms with Crippen LogP contribution in [0.15, 0.2) is 54.6 Å². The number of nitrogens with zero attached hydrogens (tertiary/aromatic N) is 1. The number of para-hydroxylation sites is 2. The van der Waals surface area contributed by atoms with Crippen molar-refractivity contribution in [1.82, 2.24) is 5.32 Å². The zero-order valence-electron chi connectivity index (χ0n) is 17.7. The van der Waals surface area contributed by atoms with Gasteiger partial charge in [0.2, 0.25) is 5.91 Å². The van der Waals surface area contributed by atoms with Crippen molar-refractivity contribution in [3.05, 3.63) is 60.2 Å². The summed E-state index contributed by atoms with van der Waals surface area (Å²) in [7, 11) is 0. The van der Waals surface area contributed by atoms with E-state index in [4.69, 9.17) is 4.74 Å². The van der Waals surface area contributed by atoms with E-state index in [1.807, 2.05) is 0 Å². The van der Waals surface area contributed by atoms with Gasteiger partial charge in [-0.25, -0.2) is 0 Å². The lowest BCUT2D eigenvalue weighted by atomic mass is 9.95. The van der Waals surface area contributed by atoms with E-state index in [-0.39, 0.29) is 24.8 Å². The van der Waals surface area contributed by atoms with E-state index in [0.29, 0.717) is 16.9 Å². The summed E-state index contributed by atoms with van der Waals surface area (Å²) in [4.78, 5) is 51.2. The first-order valence-corrected chi connectivity index (χ1v) is 9.99. The maximum atomic E-state index is 13.1. The van der Waals surface area contributed by atoms with Crippen LogP contribution in [0.1, 0.15) is 37.6 Å². The van der Waals surface area contributed by atoms with E-state index in [9.17, 15) is 19.2 Å². The minimum absolute atomic E-state index is 0.0773. The van der Waals surface area contributed by atoms with Crippen LogP contribution in [0.25, 0.3) is 0 Å². The van der Waals surface area contributed by atoms with Gasteiger partial charge in [-0.2, -0.15) is 0 Å². The largest absolute Gasteiger partial charge is 0.452 e. The van der Waals surface area contributed by atoms with E-state index in [1.54, 1.807) is 68.4 Å². The molecule has 8 nitrogen and oxygen atoms in total. The Morgan fingerprint density at radius 3 is 2.42 bits per heavy atom. The standard InChI is InChI=1S/C23H25N3O5/c1-15(31-19(27)13-14-24-20(28)16-9-5-4-6-10-16)21(29)26-18-12-8-7-11-17(18)25-22(30)23(26,2)3/h4-12,15H,13-14H2,1-3H3,(H,24,28)(H,25,30). The quantitative estimate of drug-likeness (QED) is 0.695. The Labute approximate surface area is 180 Å². The lowest BCUT2D eigenvalue weighted by molar-refractivity contribution is -0.154. The predicted molar refractivity (Wildman–Crippen MR) is 116 cm³/mol. The molecular formula is C23H25N3O5. The van der Waals surface area contributed by atoms with Gasteiger partial charge in [0.15, 0.2) is 6.10 Å². The first-order chi connectivity index (χ1) is 14.7. The zero-order chi connectivity index (χ0) is 22.6. The topological polar surface area (TPSA) is 105 Å². The number of carbonyl (C=O) groups excluding carboxylic acids is 4. The highest BCUT2D eigenvalue weighted by Gasteiger charge is 2.45. The van der Waals surface area contributed by atoms with E-state index in [2.05, 4.69) is 10.6 Å². The molecule has 1 heterocycles. The number of amides is 3. The van der Waals surface area contributed by atoms with Crippen molar-refractivity contribution >= 4 is 35.1 Å². The molecule has 0 saturated carbocycles. The molecule has 0 bridgehead atoms. The summed E-state index contributed by atoms with van der Waals surface area (Å²) < 4.78 is 5.28. The molecule has 0 aromatic heterocycles. The minimum atomic E-state index is -1.16. The highest BCUT2D eigenvalue weighted by Crippen LogP contribution is 2.37. The van der Waals surface area contributed by atoms with Crippen molar-refractivity contribution in [1.29, 1.82) is 0 Å². The molecule has 8 heteroatoms. The van der Waals surface area contributed by atoms with Gasteiger partial charge < -0.3 is 15.4 Å². The van der Waals surface area contributed by atoms with E-state index < -0.39 is 23.5 Å². The van der Waals surface area contributed by atoms with Crippen LogP contribution in [0.5, 0.6) is 0 Å². The highest BCUT2D eigenvalue weighted by molar-refractivity contribution is 6.15. The number of fused-ring (bicyclic) bond motifs is 1. The predicted octanol–water partition coefficient (Wildman–Crippen LogP) is 2.50. The SMILES string of the molecule is CC(OC(=O)CCNC(=O)c1ccccc1)C(=O)N1c2ccccc2NC(=O)C1(C)C. The van der Waals surface area contributed by atoms with Crippen LogP contribution in [-0.2, 0) is 19.1 Å². The van der Waals surface area contributed by atoms with Crippen molar-refractivity contribution in [2.24, 2.45) is 0 Å². The molecule has 1 unspecified atom stereocenters. The number of carbonyl (C=O) groups is 4. The first kappa shape index (κ1) is 22.0. The summed E-state index contributed by atoms with van der Waals surface area (Å²) in [5.74, 6) is -1.76. The van der Waals surface area contributed by atoms with Gasteiger partial charge in [-0.05, 0) is 45.0 Å². The normalized spacial score (nSPS) is 15.3.